The Morgan fingerprint density at radius 3 is 2.71 bits per heavy atom. The first-order chi connectivity index (χ1) is 8.17. The van der Waals surface area contributed by atoms with Crippen LogP contribution in [-0.4, -0.2) is 14.8 Å². The molecule has 0 aliphatic rings. The summed E-state index contributed by atoms with van der Waals surface area (Å²) in [6, 6.07) is 6.19. The van der Waals surface area contributed by atoms with Crippen molar-refractivity contribution in [1.29, 1.82) is 0 Å². The van der Waals surface area contributed by atoms with Crippen LogP contribution in [0.1, 0.15) is 18.3 Å². The van der Waals surface area contributed by atoms with Gasteiger partial charge in [-0.25, -0.2) is 0 Å². The molecule has 0 amide bonds. The molecule has 4 nitrogen and oxygen atoms in total. The molecule has 1 aromatic carbocycles. The zero-order chi connectivity index (χ0) is 12.4. The van der Waals surface area contributed by atoms with Crippen LogP contribution in [0.2, 0.25) is 0 Å². The Morgan fingerprint density at radius 1 is 1.35 bits per heavy atom. The van der Waals surface area contributed by atoms with Gasteiger partial charge in [0.2, 0.25) is 0 Å². The van der Waals surface area contributed by atoms with Gasteiger partial charge in [-0.1, -0.05) is 22.0 Å². The third kappa shape index (κ3) is 2.25. The average molecular weight is 295 g/mol. The van der Waals surface area contributed by atoms with Gasteiger partial charge in [0.25, 0.3) is 0 Å². The van der Waals surface area contributed by atoms with E-state index in [2.05, 4.69) is 58.2 Å². The number of halogens is 1. The van der Waals surface area contributed by atoms with E-state index in [1.165, 1.54) is 5.56 Å². The van der Waals surface area contributed by atoms with Crippen LogP contribution >= 0.6 is 15.9 Å². The predicted octanol–water partition coefficient (Wildman–Crippen LogP) is 2.49. The van der Waals surface area contributed by atoms with Crippen LogP contribution in [0.3, 0.4) is 0 Å². The first-order valence-corrected chi connectivity index (χ1v) is 6.35. The maximum absolute atomic E-state index is 5.64. The van der Waals surface area contributed by atoms with Crippen molar-refractivity contribution < 1.29 is 0 Å². The second kappa shape index (κ2) is 4.98. The number of hydrogen-bond donors (Lipinski definition) is 1. The van der Waals surface area contributed by atoms with E-state index in [0.717, 1.165) is 28.2 Å². The molecule has 1 aromatic heterocycles. The van der Waals surface area contributed by atoms with E-state index in [4.69, 9.17) is 5.73 Å². The third-order valence-electron chi connectivity index (χ3n) is 2.69. The summed E-state index contributed by atoms with van der Waals surface area (Å²) in [5.41, 5.74) is 7.90. The summed E-state index contributed by atoms with van der Waals surface area (Å²) in [5, 5.41) is 8.33. The average Bonchev–Trinajstić information content (AvgIpc) is 2.71. The van der Waals surface area contributed by atoms with E-state index in [9.17, 15) is 0 Å². The maximum atomic E-state index is 5.64. The molecule has 5 heteroatoms. The van der Waals surface area contributed by atoms with Gasteiger partial charge >= 0.3 is 0 Å². The smallest absolute Gasteiger partial charge is 0.165 e. The van der Waals surface area contributed by atoms with Gasteiger partial charge in [-0.05, 0) is 31.5 Å². The minimum atomic E-state index is 0.407. The Morgan fingerprint density at radius 2 is 2.12 bits per heavy atom. The molecule has 2 N–H and O–H groups in total. The fraction of sp³-hybridized carbons (Fsp3) is 0.333. The van der Waals surface area contributed by atoms with E-state index in [0.29, 0.717) is 6.54 Å². The van der Waals surface area contributed by atoms with Gasteiger partial charge in [-0.2, -0.15) is 0 Å². The highest BCUT2D eigenvalue weighted by Gasteiger charge is 2.13. The summed E-state index contributed by atoms with van der Waals surface area (Å²) in [7, 11) is 0. The van der Waals surface area contributed by atoms with Crippen molar-refractivity contribution in [2.24, 2.45) is 5.73 Å². The fourth-order valence-corrected chi connectivity index (χ4v) is 2.49. The van der Waals surface area contributed by atoms with Gasteiger partial charge in [-0.3, -0.25) is 0 Å². The lowest BCUT2D eigenvalue weighted by atomic mass is 10.1. The van der Waals surface area contributed by atoms with Gasteiger partial charge in [0, 0.05) is 16.6 Å². The largest absolute Gasteiger partial charge is 0.324 e. The molecular weight excluding hydrogens is 280 g/mol. The van der Waals surface area contributed by atoms with E-state index in [1.807, 2.05) is 4.57 Å². The minimum absolute atomic E-state index is 0.407. The highest BCUT2D eigenvalue weighted by Crippen LogP contribution is 2.28. The van der Waals surface area contributed by atoms with Crippen LogP contribution in [0.15, 0.2) is 22.7 Å². The molecule has 90 valence electrons. The number of benzene rings is 1. The van der Waals surface area contributed by atoms with Crippen molar-refractivity contribution in [3.8, 4) is 11.4 Å². The minimum Gasteiger partial charge on any atom is -0.324 e. The molecule has 0 aliphatic heterocycles. The van der Waals surface area contributed by atoms with Crippen LogP contribution in [0.25, 0.3) is 11.4 Å². The van der Waals surface area contributed by atoms with Crippen LogP contribution in [0.4, 0.5) is 0 Å². The normalized spacial score (nSPS) is 10.8. The van der Waals surface area contributed by atoms with Crippen molar-refractivity contribution in [3.05, 3.63) is 34.1 Å². The second-order valence-corrected chi connectivity index (χ2v) is 4.73. The molecule has 2 rings (SSSR count). The second-order valence-electron chi connectivity index (χ2n) is 3.87. The Balaban J connectivity index is 2.56. The number of aryl methyl sites for hydroxylation is 1. The zero-order valence-electron chi connectivity index (χ0n) is 9.94. The van der Waals surface area contributed by atoms with E-state index < -0.39 is 0 Å². The van der Waals surface area contributed by atoms with Crippen LogP contribution < -0.4 is 5.73 Å². The van der Waals surface area contributed by atoms with E-state index >= 15 is 0 Å². The first-order valence-electron chi connectivity index (χ1n) is 5.56. The van der Waals surface area contributed by atoms with Gasteiger partial charge in [0.15, 0.2) is 5.82 Å². The monoisotopic (exact) mass is 294 g/mol. The topological polar surface area (TPSA) is 56.7 Å². The van der Waals surface area contributed by atoms with Gasteiger partial charge in [0.05, 0.1) is 6.54 Å². The van der Waals surface area contributed by atoms with E-state index in [1.54, 1.807) is 0 Å². The van der Waals surface area contributed by atoms with Crippen LogP contribution in [-0.2, 0) is 13.1 Å². The lowest BCUT2D eigenvalue weighted by Gasteiger charge is -2.08. The lowest BCUT2D eigenvalue weighted by molar-refractivity contribution is 0.704. The molecule has 0 radical (unpaired) electrons. The summed E-state index contributed by atoms with van der Waals surface area (Å²) in [5.74, 6) is 1.68. The van der Waals surface area contributed by atoms with Gasteiger partial charge in [-0.15, -0.1) is 10.2 Å². The van der Waals surface area contributed by atoms with Crippen molar-refractivity contribution in [2.75, 3.05) is 0 Å². The van der Waals surface area contributed by atoms with Crippen molar-refractivity contribution in [2.45, 2.75) is 26.9 Å². The molecule has 2 aromatic rings. The molecule has 0 aliphatic carbocycles. The first kappa shape index (κ1) is 12.3. The standard InChI is InChI=1S/C12H15BrN4/c1-3-17-11(7-14)15-16-12(17)9-5-4-8(2)6-10(9)13/h4-6H,3,7,14H2,1-2H3. The van der Waals surface area contributed by atoms with Gasteiger partial charge in [0.1, 0.15) is 5.82 Å². The molecular formula is C12H15BrN4. The summed E-state index contributed by atoms with van der Waals surface area (Å²) < 4.78 is 3.07. The zero-order valence-corrected chi connectivity index (χ0v) is 11.5. The summed E-state index contributed by atoms with van der Waals surface area (Å²) in [6.45, 7) is 5.35. The van der Waals surface area contributed by atoms with Crippen molar-refractivity contribution in [3.63, 3.8) is 0 Å². The Labute approximate surface area is 109 Å². The van der Waals surface area contributed by atoms with Crippen LogP contribution in [0.5, 0.6) is 0 Å². The molecule has 0 saturated carbocycles. The van der Waals surface area contributed by atoms with Crippen LogP contribution in [0, 0.1) is 6.92 Å². The summed E-state index contributed by atoms with van der Waals surface area (Å²) >= 11 is 3.57. The Kier molecular flexibility index (Phi) is 3.59. The molecule has 0 fully saturated rings. The number of nitrogens with two attached hydrogens (primary N) is 1. The number of aromatic nitrogens is 3. The SMILES string of the molecule is CCn1c(CN)nnc1-c1ccc(C)cc1Br. The number of rotatable bonds is 3. The fourth-order valence-electron chi connectivity index (χ4n) is 1.82. The quantitative estimate of drug-likeness (QED) is 0.946. The lowest BCUT2D eigenvalue weighted by Crippen LogP contribution is -2.08. The van der Waals surface area contributed by atoms with E-state index in [-0.39, 0.29) is 0 Å². The molecule has 0 spiro atoms. The highest BCUT2D eigenvalue weighted by atomic mass is 79.9. The Bertz CT molecular complexity index is 533. The molecule has 0 bridgehead atoms. The summed E-state index contributed by atoms with van der Waals surface area (Å²) in [4.78, 5) is 0. The predicted molar refractivity (Wildman–Crippen MR) is 71.5 cm³/mol. The Hall–Kier alpha value is -1.20. The maximum Gasteiger partial charge on any atom is 0.165 e. The summed E-state index contributed by atoms with van der Waals surface area (Å²) in [6.07, 6.45) is 0. The number of nitrogens with zero attached hydrogens (tertiary/aromatic N) is 3. The molecule has 0 unspecified atom stereocenters. The number of hydrogen-bond acceptors (Lipinski definition) is 3. The molecule has 17 heavy (non-hydrogen) atoms. The van der Waals surface area contributed by atoms with Gasteiger partial charge < -0.3 is 10.3 Å². The van der Waals surface area contributed by atoms with Crippen molar-refractivity contribution in [1.82, 2.24) is 14.8 Å². The molecule has 1 heterocycles. The van der Waals surface area contributed by atoms with Crippen molar-refractivity contribution >= 4 is 15.9 Å². The third-order valence-corrected chi connectivity index (χ3v) is 3.35. The highest BCUT2D eigenvalue weighted by molar-refractivity contribution is 9.10. The molecule has 0 atom stereocenters. The molecule has 0 saturated heterocycles.